The van der Waals surface area contributed by atoms with Crippen molar-refractivity contribution in [3.63, 3.8) is 0 Å². The van der Waals surface area contributed by atoms with E-state index in [4.69, 9.17) is 14.2 Å². The number of hydrogen-bond acceptors (Lipinski definition) is 3. The largest absolute Gasteiger partial charge is 0.368 e. The maximum absolute atomic E-state index is 6.45. The van der Waals surface area contributed by atoms with Crippen LogP contribution in [0, 0.1) is 5.92 Å². The highest BCUT2D eigenvalue weighted by atomic mass is 16.7. The van der Waals surface area contributed by atoms with Gasteiger partial charge < -0.3 is 14.2 Å². The second-order valence-corrected chi connectivity index (χ2v) is 6.73. The van der Waals surface area contributed by atoms with Gasteiger partial charge in [0.25, 0.3) is 0 Å². The third kappa shape index (κ3) is 3.85. The van der Waals surface area contributed by atoms with E-state index in [0.29, 0.717) is 12.5 Å². The standard InChI is InChI=1S/C20H28O3/c1-3-16(2)18-11-12-19(20(23-18)13-7-8-14-22-20)21-15-17-9-5-4-6-10-17/h3-6,9-10,16,18-19H,1,7-8,11-15H2,2H3/t16-,18-,19+,20+/m0/s1. The lowest BCUT2D eigenvalue weighted by atomic mass is 9.88. The van der Waals surface area contributed by atoms with Crippen LogP contribution in [0.3, 0.4) is 0 Å². The van der Waals surface area contributed by atoms with Gasteiger partial charge in [-0.1, -0.05) is 43.3 Å². The van der Waals surface area contributed by atoms with Crippen molar-refractivity contribution in [1.29, 1.82) is 0 Å². The van der Waals surface area contributed by atoms with Gasteiger partial charge in [0.1, 0.15) is 6.10 Å². The van der Waals surface area contributed by atoms with Crippen LogP contribution in [0.4, 0.5) is 0 Å². The fourth-order valence-corrected chi connectivity index (χ4v) is 3.57. The van der Waals surface area contributed by atoms with Crippen LogP contribution in [0.1, 0.15) is 44.6 Å². The summed E-state index contributed by atoms with van der Waals surface area (Å²) in [6, 6.07) is 10.3. The van der Waals surface area contributed by atoms with Gasteiger partial charge >= 0.3 is 0 Å². The molecule has 3 rings (SSSR count). The molecule has 0 radical (unpaired) electrons. The molecule has 2 aliphatic heterocycles. The van der Waals surface area contributed by atoms with Crippen molar-refractivity contribution in [2.75, 3.05) is 6.61 Å². The predicted molar refractivity (Wildman–Crippen MR) is 91.0 cm³/mol. The third-order valence-electron chi connectivity index (χ3n) is 5.07. The minimum absolute atomic E-state index is 0.0104. The van der Waals surface area contributed by atoms with Crippen LogP contribution in [0.25, 0.3) is 0 Å². The van der Waals surface area contributed by atoms with Crippen LogP contribution >= 0.6 is 0 Å². The lowest BCUT2D eigenvalue weighted by Gasteiger charge is -2.49. The van der Waals surface area contributed by atoms with Crippen LogP contribution in [0.2, 0.25) is 0 Å². The quantitative estimate of drug-likeness (QED) is 0.750. The van der Waals surface area contributed by atoms with Gasteiger partial charge in [-0.25, -0.2) is 0 Å². The molecule has 2 saturated heterocycles. The zero-order valence-corrected chi connectivity index (χ0v) is 14.1. The van der Waals surface area contributed by atoms with Crippen molar-refractivity contribution in [3.05, 3.63) is 48.6 Å². The Balaban J connectivity index is 1.69. The molecule has 1 aromatic carbocycles. The fraction of sp³-hybridized carbons (Fsp3) is 0.600. The van der Waals surface area contributed by atoms with Crippen molar-refractivity contribution < 1.29 is 14.2 Å². The summed E-state index contributed by atoms with van der Waals surface area (Å²) in [6.07, 6.45) is 7.32. The van der Waals surface area contributed by atoms with Crippen molar-refractivity contribution in [2.24, 2.45) is 5.92 Å². The molecule has 23 heavy (non-hydrogen) atoms. The lowest BCUT2D eigenvalue weighted by Crippen LogP contribution is -2.56. The molecule has 0 N–H and O–H groups in total. The highest BCUT2D eigenvalue weighted by Crippen LogP contribution is 2.41. The van der Waals surface area contributed by atoms with E-state index in [1.165, 1.54) is 5.56 Å². The lowest BCUT2D eigenvalue weighted by molar-refractivity contribution is -0.346. The molecule has 2 aliphatic rings. The van der Waals surface area contributed by atoms with E-state index in [2.05, 4.69) is 25.6 Å². The fourth-order valence-electron chi connectivity index (χ4n) is 3.57. The van der Waals surface area contributed by atoms with Crippen LogP contribution < -0.4 is 0 Å². The summed E-state index contributed by atoms with van der Waals surface area (Å²) < 4.78 is 18.8. The van der Waals surface area contributed by atoms with Crippen molar-refractivity contribution in [3.8, 4) is 0 Å². The van der Waals surface area contributed by atoms with Gasteiger partial charge in [-0.2, -0.15) is 0 Å². The molecule has 126 valence electrons. The predicted octanol–water partition coefficient (Wildman–Crippen LogP) is 4.47. The van der Waals surface area contributed by atoms with Gasteiger partial charge in [-0.15, -0.1) is 6.58 Å². The Morgan fingerprint density at radius 1 is 1.30 bits per heavy atom. The molecule has 1 spiro atoms. The Hall–Kier alpha value is -1.16. The third-order valence-corrected chi connectivity index (χ3v) is 5.07. The Kier molecular flexibility index (Phi) is 5.52. The summed E-state index contributed by atoms with van der Waals surface area (Å²) in [6.45, 7) is 7.46. The van der Waals surface area contributed by atoms with Crippen LogP contribution in [0.5, 0.6) is 0 Å². The second kappa shape index (κ2) is 7.61. The van der Waals surface area contributed by atoms with Crippen LogP contribution in [-0.4, -0.2) is 24.6 Å². The van der Waals surface area contributed by atoms with Crippen molar-refractivity contribution in [2.45, 2.75) is 63.6 Å². The molecule has 0 aliphatic carbocycles. The maximum Gasteiger partial charge on any atom is 0.194 e. The molecule has 4 atom stereocenters. The van der Waals surface area contributed by atoms with E-state index in [1.54, 1.807) is 0 Å². The van der Waals surface area contributed by atoms with E-state index in [9.17, 15) is 0 Å². The Morgan fingerprint density at radius 3 is 2.83 bits per heavy atom. The average Bonchev–Trinajstić information content (AvgIpc) is 2.61. The monoisotopic (exact) mass is 316 g/mol. The molecular formula is C20H28O3. The maximum atomic E-state index is 6.45. The molecule has 2 fully saturated rings. The number of ether oxygens (including phenoxy) is 3. The first-order valence-electron chi connectivity index (χ1n) is 8.83. The van der Waals surface area contributed by atoms with E-state index in [-0.39, 0.29) is 12.2 Å². The Morgan fingerprint density at radius 2 is 2.13 bits per heavy atom. The molecule has 0 aromatic heterocycles. The van der Waals surface area contributed by atoms with Gasteiger partial charge in [0, 0.05) is 12.3 Å². The Bertz CT molecular complexity index is 493. The molecule has 0 saturated carbocycles. The highest BCUT2D eigenvalue weighted by molar-refractivity contribution is 5.13. The molecule has 3 heteroatoms. The minimum Gasteiger partial charge on any atom is -0.368 e. The van der Waals surface area contributed by atoms with E-state index in [0.717, 1.165) is 38.7 Å². The molecule has 0 amide bonds. The first kappa shape index (κ1) is 16.7. The van der Waals surface area contributed by atoms with Gasteiger partial charge in [-0.3, -0.25) is 0 Å². The van der Waals surface area contributed by atoms with E-state index < -0.39 is 5.79 Å². The van der Waals surface area contributed by atoms with Gasteiger partial charge in [-0.05, 0) is 31.2 Å². The minimum atomic E-state index is -0.562. The van der Waals surface area contributed by atoms with Gasteiger partial charge in [0.05, 0.1) is 19.3 Å². The summed E-state index contributed by atoms with van der Waals surface area (Å²) in [7, 11) is 0. The summed E-state index contributed by atoms with van der Waals surface area (Å²) in [4.78, 5) is 0. The SMILES string of the molecule is C=C[C@H](C)[C@@H]1CC[C@@H](OCc2ccccc2)[C@@]2(CCCCO2)O1. The summed E-state index contributed by atoms with van der Waals surface area (Å²) in [5, 5.41) is 0. The van der Waals surface area contributed by atoms with Crippen molar-refractivity contribution >= 4 is 0 Å². The first-order valence-corrected chi connectivity index (χ1v) is 8.83. The molecule has 2 heterocycles. The molecule has 0 bridgehead atoms. The van der Waals surface area contributed by atoms with Crippen LogP contribution in [-0.2, 0) is 20.8 Å². The number of rotatable bonds is 5. The average molecular weight is 316 g/mol. The van der Waals surface area contributed by atoms with E-state index >= 15 is 0 Å². The summed E-state index contributed by atoms with van der Waals surface area (Å²) >= 11 is 0. The number of benzene rings is 1. The van der Waals surface area contributed by atoms with Gasteiger partial charge in [0.2, 0.25) is 0 Å². The topological polar surface area (TPSA) is 27.7 Å². The Labute approximate surface area is 139 Å². The zero-order valence-electron chi connectivity index (χ0n) is 14.1. The van der Waals surface area contributed by atoms with Crippen molar-refractivity contribution in [1.82, 2.24) is 0 Å². The van der Waals surface area contributed by atoms with Crippen LogP contribution in [0.15, 0.2) is 43.0 Å². The molecule has 1 aromatic rings. The smallest absolute Gasteiger partial charge is 0.194 e. The summed E-state index contributed by atoms with van der Waals surface area (Å²) in [5.74, 6) is -0.222. The zero-order chi connectivity index (χ0) is 16.1. The molecule has 0 unspecified atom stereocenters. The molecular weight excluding hydrogens is 288 g/mol. The highest BCUT2D eigenvalue weighted by Gasteiger charge is 2.48. The number of hydrogen-bond donors (Lipinski definition) is 0. The summed E-state index contributed by atoms with van der Waals surface area (Å²) in [5.41, 5.74) is 1.19. The van der Waals surface area contributed by atoms with E-state index in [1.807, 2.05) is 24.3 Å². The molecule has 3 nitrogen and oxygen atoms in total. The first-order chi connectivity index (χ1) is 11.2. The normalized spacial score (nSPS) is 32.6. The second-order valence-electron chi connectivity index (χ2n) is 6.73. The van der Waals surface area contributed by atoms with Gasteiger partial charge in [0.15, 0.2) is 5.79 Å².